The summed E-state index contributed by atoms with van der Waals surface area (Å²) in [6.45, 7) is 9.71. The zero-order valence-electron chi connectivity index (χ0n) is 7.27. The van der Waals surface area contributed by atoms with Gasteiger partial charge in [0.25, 0.3) is 0 Å². The van der Waals surface area contributed by atoms with E-state index in [1.807, 2.05) is 0 Å². The van der Waals surface area contributed by atoms with Crippen molar-refractivity contribution in [3.05, 3.63) is 21.3 Å². The van der Waals surface area contributed by atoms with Crippen LogP contribution in [0.1, 0.15) is 26.2 Å². The van der Waals surface area contributed by atoms with Crippen molar-refractivity contribution in [1.29, 1.82) is 0 Å². The van der Waals surface area contributed by atoms with Gasteiger partial charge < -0.3 is 21.3 Å². The summed E-state index contributed by atoms with van der Waals surface area (Å²) in [4.78, 5) is 0. The molecule has 0 aromatic rings. The van der Waals surface area contributed by atoms with Crippen molar-refractivity contribution >= 4 is 0 Å². The van der Waals surface area contributed by atoms with Crippen LogP contribution >= 0.6 is 0 Å². The first kappa shape index (κ1) is 22.8. The molecule has 0 spiro atoms. The molecular formula is C8H17Y2. The van der Waals surface area contributed by atoms with Gasteiger partial charge in [-0.3, -0.25) is 0 Å². The van der Waals surface area contributed by atoms with E-state index in [0.717, 1.165) is 6.42 Å². The Kier molecular flexibility index (Phi) is 39.5. The maximum atomic E-state index is 3.85. The van der Waals surface area contributed by atoms with Crippen molar-refractivity contribution in [3.63, 3.8) is 0 Å². The molecule has 1 atom stereocenters. The summed E-state index contributed by atoms with van der Waals surface area (Å²) in [6, 6.07) is 0. The Morgan fingerprint density at radius 1 is 1.40 bits per heavy atom. The van der Waals surface area contributed by atoms with Crippen LogP contribution in [0.4, 0.5) is 0 Å². The fraction of sp³-hybridized carbons (Fsp3) is 0.625. The van der Waals surface area contributed by atoms with Crippen LogP contribution in [0.25, 0.3) is 0 Å². The molecule has 0 saturated heterocycles. The van der Waals surface area contributed by atoms with Crippen LogP contribution in [-0.4, -0.2) is 0 Å². The normalized spacial score (nSPS) is 9.90. The predicted molar refractivity (Wildman–Crippen MR) is 40.1 cm³/mol. The molecule has 0 bridgehead atoms. The van der Waals surface area contributed by atoms with E-state index in [9.17, 15) is 0 Å². The third kappa shape index (κ3) is 22.5. The van der Waals surface area contributed by atoms with Crippen LogP contribution in [-0.2, 0) is 65.4 Å². The van der Waals surface area contributed by atoms with Gasteiger partial charge in [-0.25, -0.2) is 0 Å². The molecule has 0 aromatic heterocycles. The second kappa shape index (κ2) is 17.3. The average molecular weight is 291 g/mol. The minimum atomic E-state index is 0. The Labute approximate surface area is 117 Å². The van der Waals surface area contributed by atoms with Gasteiger partial charge in [0, 0.05) is 32.7 Å². The van der Waals surface area contributed by atoms with Gasteiger partial charge in [-0.05, 0) is 0 Å². The third-order valence-corrected chi connectivity index (χ3v) is 0.947. The van der Waals surface area contributed by atoms with E-state index >= 15 is 0 Å². The van der Waals surface area contributed by atoms with Crippen LogP contribution in [0.5, 0.6) is 0 Å². The second-order valence-corrected chi connectivity index (χ2v) is 2.10. The molecule has 0 unspecified atom stereocenters. The van der Waals surface area contributed by atoms with Crippen LogP contribution in [0.3, 0.4) is 0 Å². The Hall–Kier alpha value is 2.21. The Bertz CT molecular complexity index is 36.2. The van der Waals surface area contributed by atoms with Crippen molar-refractivity contribution < 1.29 is 65.4 Å². The first-order valence-corrected chi connectivity index (χ1v) is 2.89. The standard InChI is InChI=1S/C7H14.CH3.2Y/c1-4-5-6-7(2)3;;;/h7H,1-2,4-6H2,3H3;1H3;;/q-2;-1;;+3/t7-;;;/m1.../s1. The number of hydrogen-bond acceptors (Lipinski definition) is 0. The molecule has 0 amide bonds. The minimum absolute atomic E-state index is 0. The van der Waals surface area contributed by atoms with Gasteiger partial charge >= 0.3 is 32.7 Å². The van der Waals surface area contributed by atoms with Crippen molar-refractivity contribution in [2.24, 2.45) is 5.92 Å². The molecule has 0 nitrogen and oxygen atoms in total. The van der Waals surface area contributed by atoms with E-state index in [4.69, 9.17) is 0 Å². The van der Waals surface area contributed by atoms with E-state index < -0.39 is 0 Å². The summed E-state index contributed by atoms with van der Waals surface area (Å²) in [7, 11) is 0. The molecule has 0 rings (SSSR count). The van der Waals surface area contributed by atoms with Crippen LogP contribution in [0.15, 0.2) is 0 Å². The maximum absolute atomic E-state index is 3.85. The second-order valence-electron chi connectivity index (χ2n) is 2.10. The third-order valence-electron chi connectivity index (χ3n) is 0.947. The van der Waals surface area contributed by atoms with Gasteiger partial charge in [-0.2, -0.15) is 12.3 Å². The molecule has 0 saturated carbocycles. The summed E-state index contributed by atoms with van der Waals surface area (Å²) in [6.07, 6.45) is 3.51. The van der Waals surface area contributed by atoms with Crippen LogP contribution in [0.2, 0.25) is 0 Å². The zero-order valence-corrected chi connectivity index (χ0v) is 12.9. The van der Waals surface area contributed by atoms with Crippen molar-refractivity contribution in [2.75, 3.05) is 0 Å². The fourth-order valence-electron chi connectivity index (χ4n) is 0.493. The van der Waals surface area contributed by atoms with Gasteiger partial charge in [-0.1, -0.05) is 19.8 Å². The van der Waals surface area contributed by atoms with Crippen LogP contribution < -0.4 is 0 Å². The molecule has 1 radical (unpaired) electrons. The smallest absolute Gasteiger partial charge is 0.358 e. The summed E-state index contributed by atoms with van der Waals surface area (Å²) < 4.78 is 0. The van der Waals surface area contributed by atoms with Crippen molar-refractivity contribution in [2.45, 2.75) is 26.2 Å². The van der Waals surface area contributed by atoms with Gasteiger partial charge in [0.05, 0.1) is 0 Å². The topological polar surface area (TPSA) is 0 Å². The summed E-state index contributed by atoms with van der Waals surface area (Å²) >= 11 is 0. The Balaban J connectivity index is -0.0000000600. The maximum Gasteiger partial charge on any atom is 3.00 e. The molecule has 0 aromatic carbocycles. The van der Waals surface area contributed by atoms with Crippen molar-refractivity contribution in [3.8, 4) is 0 Å². The molecule has 10 heavy (non-hydrogen) atoms. The van der Waals surface area contributed by atoms with Gasteiger partial charge in [0.2, 0.25) is 0 Å². The van der Waals surface area contributed by atoms with E-state index in [0.29, 0.717) is 5.92 Å². The molecule has 0 aliphatic rings. The fourth-order valence-corrected chi connectivity index (χ4v) is 0.493. The number of rotatable bonds is 3. The van der Waals surface area contributed by atoms with E-state index in [2.05, 4.69) is 20.8 Å². The Morgan fingerprint density at radius 3 is 1.90 bits per heavy atom. The molecule has 55 valence electrons. The van der Waals surface area contributed by atoms with E-state index in [-0.39, 0.29) is 72.8 Å². The quantitative estimate of drug-likeness (QED) is 0.701. The molecule has 0 aliphatic heterocycles. The van der Waals surface area contributed by atoms with E-state index in [1.165, 1.54) is 12.8 Å². The predicted octanol–water partition coefficient (Wildman–Crippen LogP) is 2.91. The van der Waals surface area contributed by atoms with Gasteiger partial charge in [0.15, 0.2) is 0 Å². The first-order valence-electron chi connectivity index (χ1n) is 2.89. The van der Waals surface area contributed by atoms with Gasteiger partial charge in [-0.15, -0.1) is 0 Å². The largest absolute Gasteiger partial charge is 3.00 e. The summed E-state index contributed by atoms with van der Waals surface area (Å²) in [5.74, 6) is 0.613. The molecular weight excluding hydrogens is 274 g/mol. The monoisotopic (exact) mass is 291 g/mol. The van der Waals surface area contributed by atoms with Crippen molar-refractivity contribution in [1.82, 2.24) is 0 Å². The first-order chi connectivity index (χ1) is 3.27. The summed E-state index contributed by atoms with van der Waals surface area (Å²) in [5, 5.41) is 0. The minimum Gasteiger partial charge on any atom is -0.358 e. The van der Waals surface area contributed by atoms with E-state index in [1.54, 1.807) is 0 Å². The van der Waals surface area contributed by atoms with Crippen LogP contribution in [0, 0.1) is 27.2 Å². The SMILES string of the molecule is [CH2-]CCC[C@H]([CH2-])C.[CH3-].[Y+3].[Y]. The zero-order chi connectivity index (χ0) is 5.70. The number of unbranched alkanes of at least 4 members (excludes halogenated alkanes) is 1. The molecule has 0 N–H and O–H groups in total. The molecule has 0 fully saturated rings. The molecule has 0 aliphatic carbocycles. The molecule has 2 heteroatoms. The number of hydrogen-bond donors (Lipinski definition) is 0. The van der Waals surface area contributed by atoms with Gasteiger partial charge in [0.1, 0.15) is 0 Å². The Morgan fingerprint density at radius 2 is 1.80 bits per heavy atom. The summed E-state index contributed by atoms with van der Waals surface area (Å²) in [5.41, 5.74) is 0. The average Bonchev–Trinajstić information content (AvgIpc) is 1.61. The molecule has 0 heterocycles.